The standard InChI is InChI=1S/C17H20N4O2S/c1-2-3-6-10-21-16(23)13-8-5-4-7-12(13)14(20-21)15(22)19-17-18-9-11-24-17/h4-5,7-8H,2-3,6,9-11H2,1H3,(H,18,19,22). The van der Waals surface area contributed by atoms with Gasteiger partial charge in [-0.3, -0.25) is 19.9 Å². The van der Waals surface area contributed by atoms with Gasteiger partial charge in [-0.1, -0.05) is 49.7 Å². The molecule has 3 rings (SSSR count). The van der Waals surface area contributed by atoms with Crippen molar-refractivity contribution in [1.29, 1.82) is 0 Å². The predicted octanol–water partition coefficient (Wildman–Crippen LogP) is 2.42. The molecular weight excluding hydrogens is 324 g/mol. The normalized spacial score (nSPS) is 14.0. The Hall–Kier alpha value is -2.15. The number of thioether (sulfide) groups is 1. The molecule has 0 saturated carbocycles. The highest BCUT2D eigenvalue weighted by Crippen LogP contribution is 2.15. The van der Waals surface area contributed by atoms with Crippen LogP contribution in [0.3, 0.4) is 0 Å². The van der Waals surface area contributed by atoms with E-state index >= 15 is 0 Å². The first-order chi connectivity index (χ1) is 11.7. The van der Waals surface area contributed by atoms with Gasteiger partial charge in [-0.2, -0.15) is 5.10 Å². The second-order valence-electron chi connectivity index (χ2n) is 5.62. The number of unbranched alkanes of at least 4 members (excludes halogenated alkanes) is 2. The average molecular weight is 344 g/mol. The Morgan fingerprint density at radius 2 is 2.08 bits per heavy atom. The van der Waals surface area contributed by atoms with Crippen LogP contribution in [0.5, 0.6) is 0 Å². The maximum absolute atomic E-state index is 12.6. The molecule has 1 amide bonds. The molecule has 1 aromatic carbocycles. The fourth-order valence-corrected chi connectivity index (χ4v) is 3.36. The molecule has 0 unspecified atom stereocenters. The van der Waals surface area contributed by atoms with Crippen LogP contribution in [0.1, 0.15) is 36.7 Å². The van der Waals surface area contributed by atoms with E-state index in [1.165, 1.54) is 16.4 Å². The van der Waals surface area contributed by atoms with Gasteiger partial charge in [-0.25, -0.2) is 4.68 Å². The molecule has 7 heteroatoms. The van der Waals surface area contributed by atoms with Gasteiger partial charge in [0.05, 0.1) is 11.9 Å². The second kappa shape index (κ2) is 7.61. The van der Waals surface area contributed by atoms with Crippen LogP contribution in [0.2, 0.25) is 0 Å². The van der Waals surface area contributed by atoms with E-state index in [0.29, 0.717) is 29.0 Å². The Balaban J connectivity index is 1.99. The highest BCUT2D eigenvalue weighted by atomic mass is 32.2. The Labute approximate surface area is 144 Å². The van der Waals surface area contributed by atoms with Crippen LogP contribution in [0.4, 0.5) is 0 Å². The quantitative estimate of drug-likeness (QED) is 0.845. The number of amidine groups is 1. The van der Waals surface area contributed by atoms with Crippen LogP contribution in [-0.4, -0.2) is 33.2 Å². The zero-order valence-corrected chi connectivity index (χ0v) is 14.4. The van der Waals surface area contributed by atoms with Gasteiger partial charge in [-0.05, 0) is 12.5 Å². The lowest BCUT2D eigenvalue weighted by atomic mass is 10.1. The van der Waals surface area contributed by atoms with Crippen molar-refractivity contribution in [2.24, 2.45) is 4.99 Å². The minimum atomic E-state index is -0.316. The highest BCUT2D eigenvalue weighted by Gasteiger charge is 2.19. The number of rotatable bonds is 5. The van der Waals surface area contributed by atoms with E-state index in [4.69, 9.17) is 0 Å². The van der Waals surface area contributed by atoms with E-state index in [1.54, 1.807) is 18.2 Å². The van der Waals surface area contributed by atoms with Crippen LogP contribution >= 0.6 is 11.8 Å². The molecule has 1 aliphatic rings. The zero-order valence-electron chi connectivity index (χ0n) is 13.6. The number of fused-ring (bicyclic) bond motifs is 1. The van der Waals surface area contributed by atoms with Gasteiger partial charge in [0.1, 0.15) is 0 Å². The SMILES string of the molecule is CCCCCn1nc(C(=O)NC2=NCCS2)c2ccccc2c1=O. The highest BCUT2D eigenvalue weighted by molar-refractivity contribution is 8.14. The molecule has 0 atom stereocenters. The Kier molecular flexibility index (Phi) is 5.30. The van der Waals surface area contributed by atoms with Crippen molar-refractivity contribution in [2.75, 3.05) is 12.3 Å². The van der Waals surface area contributed by atoms with Crippen molar-refractivity contribution in [3.63, 3.8) is 0 Å². The number of nitrogens with one attached hydrogen (secondary N) is 1. The van der Waals surface area contributed by atoms with Crippen LogP contribution in [0, 0.1) is 0 Å². The Morgan fingerprint density at radius 1 is 1.29 bits per heavy atom. The first-order valence-electron chi connectivity index (χ1n) is 8.19. The molecule has 2 aromatic rings. The fraction of sp³-hybridized carbons (Fsp3) is 0.412. The minimum absolute atomic E-state index is 0.147. The topological polar surface area (TPSA) is 76.3 Å². The molecule has 0 saturated heterocycles. The molecule has 0 radical (unpaired) electrons. The van der Waals surface area contributed by atoms with Crippen molar-refractivity contribution in [3.05, 3.63) is 40.3 Å². The monoisotopic (exact) mass is 344 g/mol. The van der Waals surface area contributed by atoms with Gasteiger partial charge in [0, 0.05) is 17.7 Å². The summed E-state index contributed by atoms with van der Waals surface area (Å²) < 4.78 is 1.41. The molecule has 24 heavy (non-hydrogen) atoms. The third-order valence-corrected chi connectivity index (χ3v) is 4.75. The van der Waals surface area contributed by atoms with Gasteiger partial charge in [0.15, 0.2) is 10.9 Å². The summed E-state index contributed by atoms with van der Waals surface area (Å²) in [5.41, 5.74) is 0.128. The van der Waals surface area contributed by atoms with Gasteiger partial charge >= 0.3 is 0 Å². The number of hydrogen-bond acceptors (Lipinski definition) is 5. The number of carbonyl (C=O) groups is 1. The molecule has 1 aliphatic heterocycles. The van der Waals surface area contributed by atoms with E-state index in [0.717, 1.165) is 25.0 Å². The summed E-state index contributed by atoms with van der Waals surface area (Å²) in [5.74, 6) is 0.559. The third-order valence-electron chi connectivity index (χ3n) is 3.86. The molecule has 0 aliphatic carbocycles. The second-order valence-corrected chi connectivity index (χ2v) is 6.70. The predicted molar refractivity (Wildman–Crippen MR) is 97.8 cm³/mol. The maximum atomic E-state index is 12.6. The van der Waals surface area contributed by atoms with E-state index in [-0.39, 0.29) is 17.2 Å². The first-order valence-corrected chi connectivity index (χ1v) is 9.17. The molecule has 1 aromatic heterocycles. The number of aryl methyl sites for hydroxylation is 1. The van der Waals surface area contributed by atoms with Gasteiger partial charge in [0.2, 0.25) is 0 Å². The van der Waals surface area contributed by atoms with Crippen molar-refractivity contribution in [2.45, 2.75) is 32.7 Å². The number of amides is 1. The van der Waals surface area contributed by atoms with Crippen molar-refractivity contribution >= 4 is 33.6 Å². The molecule has 1 N–H and O–H groups in total. The number of aliphatic imine (C=N–C) groups is 1. The van der Waals surface area contributed by atoms with Crippen molar-refractivity contribution in [1.82, 2.24) is 15.1 Å². The average Bonchev–Trinajstić information content (AvgIpc) is 3.10. The Morgan fingerprint density at radius 3 is 2.79 bits per heavy atom. The van der Waals surface area contributed by atoms with Crippen molar-refractivity contribution < 1.29 is 4.79 Å². The lowest BCUT2D eigenvalue weighted by molar-refractivity contribution is 0.0972. The van der Waals surface area contributed by atoms with E-state index in [9.17, 15) is 9.59 Å². The summed E-state index contributed by atoms with van der Waals surface area (Å²) in [4.78, 5) is 29.4. The minimum Gasteiger partial charge on any atom is -0.300 e. The number of hydrogen-bond donors (Lipinski definition) is 1. The van der Waals surface area contributed by atoms with E-state index in [1.807, 2.05) is 6.07 Å². The van der Waals surface area contributed by atoms with E-state index in [2.05, 4.69) is 22.3 Å². The summed E-state index contributed by atoms with van der Waals surface area (Å²) in [6.45, 7) is 3.34. The summed E-state index contributed by atoms with van der Waals surface area (Å²) >= 11 is 1.52. The van der Waals surface area contributed by atoms with Gasteiger partial charge in [-0.15, -0.1) is 0 Å². The molecule has 0 bridgehead atoms. The molecule has 0 spiro atoms. The van der Waals surface area contributed by atoms with Crippen LogP contribution in [-0.2, 0) is 6.54 Å². The molecule has 126 valence electrons. The molecular formula is C17H20N4O2S. The van der Waals surface area contributed by atoms with Crippen LogP contribution in [0.15, 0.2) is 34.1 Å². The number of benzene rings is 1. The molecule has 0 fully saturated rings. The van der Waals surface area contributed by atoms with E-state index < -0.39 is 0 Å². The number of nitrogens with zero attached hydrogens (tertiary/aromatic N) is 3. The number of aromatic nitrogens is 2. The van der Waals surface area contributed by atoms with Crippen molar-refractivity contribution in [3.8, 4) is 0 Å². The summed E-state index contributed by atoms with van der Waals surface area (Å²) in [6.07, 6.45) is 2.95. The summed E-state index contributed by atoms with van der Waals surface area (Å²) in [6, 6.07) is 7.12. The van der Waals surface area contributed by atoms with Gasteiger partial charge < -0.3 is 0 Å². The summed E-state index contributed by atoms with van der Waals surface area (Å²) in [5, 5.41) is 8.86. The van der Waals surface area contributed by atoms with Crippen LogP contribution in [0.25, 0.3) is 10.8 Å². The largest absolute Gasteiger partial charge is 0.300 e. The van der Waals surface area contributed by atoms with Gasteiger partial charge in [0.25, 0.3) is 11.5 Å². The number of carbonyl (C=O) groups excluding carboxylic acids is 1. The summed E-state index contributed by atoms with van der Waals surface area (Å²) in [7, 11) is 0. The Bertz CT molecular complexity index is 844. The lowest BCUT2D eigenvalue weighted by Gasteiger charge is -2.11. The maximum Gasteiger partial charge on any atom is 0.278 e. The molecule has 2 heterocycles. The smallest absolute Gasteiger partial charge is 0.278 e. The fourth-order valence-electron chi connectivity index (χ4n) is 2.63. The lowest BCUT2D eigenvalue weighted by Crippen LogP contribution is -2.32. The first kappa shape index (κ1) is 16.7. The zero-order chi connectivity index (χ0) is 16.9. The van der Waals surface area contributed by atoms with Crippen LogP contribution < -0.4 is 10.9 Å². The third kappa shape index (κ3) is 3.51. The molecule has 6 nitrogen and oxygen atoms in total.